The topological polar surface area (TPSA) is 61.4 Å². The minimum atomic E-state index is -0.228. The van der Waals surface area contributed by atoms with Crippen LogP contribution in [0, 0.1) is 10.5 Å². The van der Waals surface area contributed by atoms with Gasteiger partial charge in [0.15, 0.2) is 0 Å². The molecular weight excluding hydrogens is 345 g/mol. The molecule has 2 rings (SSSR count). The van der Waals surface area contributed by atoms with E-state index >= 15 is 0 Å². The van der Waals surface area contributed by atoms with Crippen molar-refractivity contribution >= 4 is 40.2 Å². The van der Waals surface area contributed by atoms with Crippen LogP contribution in [0.3, 0.4) is 0 Å². The lowest BCUT2D eigenvalue weighted by Gasteiger charge is -2.27. The van der Waals surface area contributed by atoms with Crippen molar-refractivity contribution in [1.82, 2.24) is 10.2 Å². The Kier molecular flexibility index (Phi) is 4.05. The summed E-state index contributed by atoms with van der Waals surface area (Å²) >= 11 is 2.23. The number of aryl methyl sites for hydroxylation is 1. The molecule has 1 aliphatic rings. The first kappa shape index (κ1) is 13.1. The first-order chi connectivity index (χ1) is 8.56. The van der Waals surface area contributed by atoms with Crippen LogP contribution in [0.25, 0.3) is 0 Å². The van der Waals surface area contributed by atoms with Gasteiger partial charge < -0.3 is 15.5 Å². The van der Waals surface area contributed by atoms with E-state index in [1.54, 1.807) is 0 Å². The molecule has 0 aromatic heterocycles. The molecule has 1 aliphatic heterocycles. The zero-order valence-corrected chi connectivity index (χ0v) is 12.2. The minimum absolute atomic E-state index is 0.115. The molecule has 1 saturated heterocycles. The summed E-state index contributed by atoms with van der Waals surface area (Å²) in [6.07, 6.45) is 0. The Balaban J connectivity index is 2.04. The van der Waals surface area contributed by atoms with Crippen LogP contribution < -0.4 is 10.6 Å². The second kappa shape index (κ2) is 5.55. The standard InChI is InChI=1S/C12H14IN3O2/c1-8-6-9(13)2-3-10(8)15-12(18)16-5-4-14-11(17)7-16/h2-3,6H,4-5,7H2,1H3,(H,14,17)(H,15,18). The van der Waals surface area contributed by atoms with Crippen molar-refractivity contribution in [3.05, 3.63) is 27.3 Å². The van der Waals surface area contributed by atoms with Crippen LogP contribution >= 0.6 is 22.6 Å². The highest BCUT2D eigenvalue weighted by atomic mass is 127. The van der Waals surface area contributed by atoms with Crippen LogP contribution in [0.15, 0.2) is 18.2 Å². The molecule has 0 atom stereocenters. The molecule has 5 nitrogen and oxygen atoms in total. The summed E-state index contributed by atoms with van der Waals surface area (Å²) in [6, 6.07) is 5.58. The second-order valence-electron chi connectivity index (χ2n) is 4.16. The summed E-state index contributed by atoms with van der Waals surface area (Å²) in [6.45, 7) is 3.12. The van der Waals surface area contributed by atoms with Gasteiger partial charge >= 0.3 is 6.03 Å². The van der Waals surface area contributed by atoms with Crippen molar-refractivity contribution in [3.63, 3.8) is 0 Å². The molecule has 96 valence electrons. The van der Waals surface area contributed by atoms with Gasteiger partial charge in [-0.15, -0.1) is 0 Å². The zero-order chi connectivity index (χ0) is 13.1. The van der Waals surface area contributed by atoms with Crippen molar-refractivity contribution in [1.29, 1.82) is 0 Å². The average Bonchev–Trinajstić information content (AvgIpc) is 2.32. The molecule has 0 radical (unpaired) electrons. The molecule has 0 unspecified atom stereocenters. The van der Waals surface area contributed by atoms with Gasteiger partial charge in [-0.05, 0) is 53.3 Å². The highest BCUT2D eigenvalue weighted by molar-refractivity contribution is 14.1. The highest BCUT2D eigenvalue weighted by Gasteiger charge is 2.21. The van der Waals surface area contributed by atoms with Crippen LogP contribution in [0.2, 0.25) is 0 Å². The van der Waals surface area contributed by atoms with Gasteiger partial charge in [-0.1, -0.05) is 0 Å². The molecular formula is C12H14IN3O2. The smallest absolute Gasteiger partial charge is 0.322 e. The lowest BCUT2D eigenvalue weighted by atomic mass is 10.2. The van der Waals surface area contributed by atoms with E-state index in [-0.39, 0.29) is 18.5 Å². The Morgan fingerprint density at radius 3 is 2.94 bits per heavy atom. The molecule has 0 bridgehead atoms. The molecule has 1 aromatic rings. The summed E-state index contributed by atoms with van der Waals surface area (Å²) in [5.41, 5.74) is 1.79. The number of urea groups is 1. The fraction of sp³-hybridized carbons (Fsp3) is 0.333. The van der Waals surface area contributed by atoms with E-state index < -0.39 is 0 Å². The average molecular weight is 359 g/mol. The number of hydrogen-bond donors (Lipinski definition) is 2. The van der Waals surface area contributed by atoms with E-state index in [4.69, 9.17) is 0 Å². The molecule has 1 heterocycles. The number of carbonyl (C=O) groups is 2. The lowest BCUT2D eigenvalue weighted by molar-refractivity contribution is -0.123. The monoisotopic (exact) mass is 359 g/mol. The van der Waals surface area contributed by atoms with E-state index in [9.17, 15) is 9.59 Å². The van der Waals surface area contributed by atoms with Crippen LogP contribution in [-0.2, 0) is 4.79 Å². The third-order valence-corrected chi connectivity index (χ3v) is 3.43. The third kappa shape index (κ3) is 3.12. The SMILES string of the molecule is Cc1cc(I)ccc1NC(=O)N1CCNC(=O)C1. The molecule has 2 N–H and O–H groups in total. The minimum Gasteiger partial charge on any atom is -0.353 e. The Hall–Kier alpha value is -1.31. The van der Waals surface area contributed by atoms with E-state index in [1.165, 1.54) is 4.90 Å². The largest absolute Gasteiger partial charge is 0.353 e. The quantitative estimate of drug-likeness (QED) is 0.748. The Labute approximate surface area is 119 Å². The van der Waals surface area contributed by atoms with Gasteiger partial charge in [-0.3, -0.25) is 4.79 Å². The fourth-order valence-corrected chi connectivity index (χ4v) is 2.42. The van der Waals surface area contributed by atoms with Crippen LogP contribution in [-0.4, -0.2) is 36.5 Å². The van der Waals surface area contributed by atoms with Crippen LogP contribution in [0.4, 0.5) is 10.5 Å². The fourth-order valence-electron chi connectivity index (χ4n) is 1.77. The number of hydrogen-bond acceptors (Lipinski definition) is 2. The number of halogens is 1. The predicted molar refractivity (Wildman–Crippen MR) is 77.5 cm³/mol. The Morgan fingerprint density at radius 1 is 1.50 bits per heavy atom. The first-order valence-electron chi connectivity index (χ1n) is 5.65. The first-order valence-corrected chi connectivity index (χ1v) is 6.73. The van der Waals surface area contributed by atoms with Gasteiger partial charge in [0.05, 0.1) is 0 Å². The van der Waals surface area contributed by atoms with E-state index in [2.05, 4.69) is 33.2 Å². The van der Waals surface area contributed by atoms with Crippen molar-refractivity contribution in [2.75, 3.05) is 25.0 Å². The Morgan fingerprint density at radius 2 is 2.28 bits per heavy atom. The molecule has 0 aliphatic carbocycles. The van der Waals surface area contributed by atoms with Gasteiger partial charge in [0, 0.05) is 22.3 Å². The molecule has 0 spiro atoms. The number of amides is 3. The molecule has 18 heavy (non-hydrogen) atoms. The van der Waals surface area contributed by atoms with Crippen molar-refractivity contribution < 1.29 is 9.59 Å². The Bertz CT molecular complexity index is 490. The third-order valence-electron chi connectivity index (χ3n) is 2.76. The van der Waals surface area contributed by atoms with Crippen molar-refractivity contribution in [2.45, 2.75) is 6.92 Å². The second-order valence-corrected chi connectivity index (χ2v) is 5.41. The number of carbonyl (C=O) groups excluding carboxylic acids is 2. The molecule has 6 heteroatoms. The molecule has 1 aromatic carbocycles. The summed E-state index contributed by atoms with van der Waals surface area (Å²) in [5.74, 6) is -0.115. The zero-order valence-electron chi connectivity index (χ0n) is 10.00. The van der Waals surface area contributed by atoms with Gasteiger partial charge in [0.25, 0.3) is 0 Å². The number of nitrogens with zero attached hydrogens (tertiary/aromatic N) is 1. The van der Waals surface area contributed by atoms with Crippen LogP contribution in [0.5, 0.6) is 0 Å². The van der Waals surface area contributed by atoms with E-state index in [0.29, 0.717) is 13.1 Å². The lowest BCUT2D eigenvalue weighted by Crippen LogP contribution is -2.51. The molecule has 1 fully saturated rings. The normalized spacial score (nSPS) is 15.2. The molecule has 3 amide bonds. The highest BCUT2D eigenvalue weighted by Crippen LogP contribution is 2.18. The predicted octanol–water partition coefficient (Wildman–Crippen LogP) is 1.56. The summed E-state index contributed by atoms with van der Waals surface area (Å²) in [4.78, 5) is 24.7. The summed E-state index contributed by atoms with van der Waals surface area (Å²) < 4.78 is 1.13. The van der Waals surface area contributed by atoms with Gasteiger partial charge in [-0.25, -0.2) is 4.79 Å². The maximum absolute atomic E-state index is 12.0. The van der Waals surface area contributed by atoms with E-state index in [1.807, 2.05) is 25.1 Å². The van der Waals surface area contributed by atoms with E-state index in [0.717, 1.165) is 14.8 Å². The number of nitrogens with one attached hydrogen (secondary N) is 2. The van der Waals surface area contributed by atoms with Gasteiger partial charge in [0.2, 0.25) is 5.91 Å². The number of benzene rings is 1. The number of rotatable bonds is 1. The van der Waals surface area contributed by atoms with Crippen molar-refractivity contribution in [3.8, 4) is 0 Å². The van der Waals surface area contributed by atoms with Gasteiger partial charge in [-0.2, -0.15) is 0 Å². The summed E-state index contributed by atoms with van der Waals surface area (Å²) in [7, 11) is 0. The number of piperazine rings is 1. The number of anilines is 1. The maximum Gasteiger partial charge on any atom is 0.322 e. The van der Waals surface area contributed by atoms with Crippen molar-refractivity contribution in [2.24, 2.45) is 0 Å². The summed E-state index contributed by atoms with van der Waals surface area (Å²) in [5, 5.41) is 5.52. The molecule has 0 saturated carbocycles. The van der Waals surface area contributed by atoms with Gasteiger partial charge in [0.1, 0.15) is 6.54 Å². The maximum atomic E-state index is 12.0. The van der Waals surface area contributed by atoms with Crippen LogP contribution in [0.1, 0.15) is 5.56 Å².